The van der Waals surface area contributed by atoms with Crippen LogP contribution in [0.25, 0.3) is 0 Å². The number of rotatable bonds is 3. The van der Waals surface area contributed by atoms with Crippen molar-refractivity contribution in [1.29, 1.82) is 0 Å². The molecule has 1 unspecified atom stereocenters. The largest absolute Gasteiger partial charge is 0.368 e. The second-order valence-electron chi connectivity index (χ2n) is 6.62. The number of ether oxygens (including phenoxy) is 1. The molecule has 1 aliphatic carbocycles. The lowest BCUT2D eigenvalue weighted by Crippen LogP contribution is -2.43. The fourth-order valence-corrected chi connectivity index (χ4v) is 3.18. The number of allylic oxidation sites excluding steroid dienone is 1. The zero-order chi connectivity index (χ0) is 16.9. The number of aromatic nitrogens is 2. The predicted molar refractivity (Wildman–Crippen MR) is 92.8 cm³/mol. The SMILES string of the molecule is CN(C)c1nccc(C2CN(C(=O)C3=CCCCCC3)CCO2)n1. The molecular formula is C18H26N4O2. The van der Waals surface area contributed by atoms with Gasteiger partial charge in [0.2, 0.25) is 11.9 Å². The molecule has 0 aromatic carbocycles. The predicted octanol–water partition coefficient (Wildman–Crippen LogP) is 2.33. The number of carbonyl (C=O) groups excluding carboxylic acids is 1. The van der Waals surface area contributed by atoms with Crippen LogP contribution in [0.1, 0.15) is 43.9 Å². The Bertz CT molecular complexity index is 615. The Hall–Kier alpha value is -1.95. The Balaban J connectivity index is 1.71. The Morgan fingerprint density at radius 3 is 3.04 bits per heavy atom. The molecule has 6 heteroatoms. The van der Waals surface area contributed by atoms with Gasteiger partial charge in [0.15, 0.2) is 0 Å². The minimum absolute atomic E-state index is 0.173. The number of hydrogen-bond donors (Lipinski definition) is 0. The summed E-state index contributed by atoms with van der Waals surface area (Å²) in [5, 5.41) is 0. The minimum Gasteiger partial charge on any atom is -0.368 e. The first-order valence-electron chi connectivity index (χ1n) is 8.75. The molecule has 1 saturated heterocycles. The van der Waals surface area contributed by atoms with Gasteiger partial charge in [-0.2, -0.15) is 0 Å². The standard InChI is InChI=1S/C18H26N4O2/c1-21(2)18-19-10-9-15(20-18)16-13-22(11-12-24-16)17(23)14-7-5-3-4-6-8-14/h7,9-10,16H,3-6,8,11-13H2,1-2H3. The Morgan fingerprint density at radius 2 is 2.21 bits per heavy atom. The van der Waals surface area contributed by atoms with Crippen LogP contribution in [0.15, 0.2) is 23.9 Å². The lowest BCUT2D eigenvalue weighted by Gasteiger charge is -2.33. The summed E-state index contributed by atoms with van der Waals surface area (Å²) in [6.07, 6.45) is 9.14. The average molecular weight is 330 g/mol. The summed E-state index contributed by atoms with van der Waals surface area (Å²) in [5.41, 5.74) is 1.81. The van der Waals surface area contributed by atoms with E-state index in [4.69, 9.17) is 4.74 Å². The molecule has 130 valence electrons. The van der Waals surface area contributed by atoms with E-state index in [1.54, 1.807) is 6.20 Å². The summed E-state index contributed by atoms with van der Waals surface area (Å²) in [6, 6.07) is 1.87. The third kappa shape index (κ3) is 3.93. The average Bonchev–Trinajstić information content (AvgIpc) is 2.90. The molecule has 1 aliphatic heterocycles. The van der Waals surface area contributed by atoms with E-state index in [9.17, 15) is 4.79 Å². The van der Waals surface area contributed by atoms with Crippen LogP contribution >= 0.6 is 0 Å². The molecule has 0 bridgehead atoms. The van der Waals surface area contributed by atoms with E-state index in [2.05, 4.69) is 16.0 Å². The second-order valence-corrected chi connectivity index (χ2v) is 6.62. The van der Waals surface area contributed by atoms with Crippen LogP contribution in [0, 0.1) is 0 Å². The molecule has 1 fully saturated rings. The van der Waals surface area contributed by atoms with Gasteiger partial charge in [-0.25, -0.2) is 9.97 Å². The lowest BCUT2D eigenvalue weighted by molar-refractivity contribution is -0.135. The van der Waals surface area contributed by atoms with Gasteiger partial charge in [0.1, 0.15) is 6.10 Å². The van der Waals surface area contributed by atoms with Crippen LogP contribution in [0.3, 0.4) is 0 Å². The van der Waals surface area contributed by atoms with Gasteiger partial charge >= 0.3 is 0 Å². The van der Waals surface area contributed by atoms with E-state index in [-0.39, 0.29) is 12.0 Å². The molecular weight excluding hydrogens is 304 g/mol. The van der Waals surface area contributed by atoms with Crippen molar-refractivity contribution in [3.8, 4) is 0 Å². The summed E-state index contributed by atoms with van der Waals surface area (Å²) in [5.74, 6) is 0.832. The van der Waals surface area contributed by atoms with Gasteiger partial charge in [-0.15, -0.1) is 0 Å². The molecule has 2 heterocycles. The first kappa shape index (κ1) is 16.9. The van der Waals surface area contributed by atoms with E-state index < -0.39 is 0 Å². The van der Waals surface area contributed by atoms with Crippen molar-refractivity contribution < 1.29 is 9.53 Å². The van der Waals surface area contributed by atoms with Crippen LogP contribution in [0.5, 0.6) is 0 Å². The van der Waals surface area contributed by atoms with Gasteiger partial charge in [0.25, 0.3) is 0 Å². The van der Waals surface area contributed by atoms with E-state index in [0.29, 0.717) is 25.6 Å². The van der Waals surface area contributed by atoms with Crippen LogP contribution in [-0.4, -0.2) is 54.6 Å². The van der Waals surface area contributed by atoms with Gasteiger partial charge in [-0.1, -0.05) is 12.5 Å². The van der Waals surface area contributed by atoms with Crippen molar-refractivity contribution in [3.05, 3.63) is 29.6 Å². The van der Waals surface area contributed by atoms with Crippen molar-refractivity contribution >= 4 is 11.9 Å². The van der Waals surface area contributed by atoms with Crippen molar-refractivity contribution in [3.63, 3.8) is 0 Å². The van der Waals surface area contributed by atoms with Crippen LogP contribution < -0.4 is 4.90 Å². The number of amides is 1. The molecule has 0 saturated carbocycles. The fourth-order valence-electron chi connectivity index (χ4n) is 3.18. The number of morpholine rings is 1. The summed E-state index contributed by atoms with van der Waals surface area (Å²) in [7, 11) is 3.82. The summed E-state index contributed by atoms with van der Waals surface area (Å²) >= 11 is 0. The maximum absolute atomic E-state index is 12.8. The monoisotopic (exact) mass is 330 g/mol. The second kappa shape index (κ2) is 7.75. The first-order valence-corrected chi connectivity index (χ1v) is 8.75. The van der Waals surface area contributed by atoms with Gasteiger partial charge in [-0.05, 0) is 31.7 Å². The van der Waals surface area contributed by atoms with Crippen LogP contribution in [-0.2, 0) is 9.53 Å². The Kier molecular flexibility index (Phi) is 5.45. The maximum Gasteiger partial charge on any atom is 0.249 e. The molecule has 1 aromatic rings. The van der Waals surface area contributed by atoms with Crippen LogP contribution in [0.4, 0.5) is 5.95 Å². The van der Waals surface area contributed by atoms with Crippen molar-refractivity contribution in [2.75, 3.05) is 38.7 Å². The van der Waals surface area contributed by atoms with Crippen molar-refractivity contribution in [1.82, 2.24) is 14.9 Å². The molecule has 0 radical (unpaired) electrons. The summed E-state index contributed by atoms with van der Waals surface area (Å²) in [4.78, 5) is 25.4. The zero-order valence-electron chi connectivity index (χ0n) is 14.6. The molecule has 1 atom stereocenters. The van der Waals surface area contributed by atoms with Gasteiger partial charge in [-0.3, -0.25) is 4.79 Å². The highest BCUT2D eigenvalue weighted by atomic mass is 16.5. The first-order chi connectivity index (χ1) is 11.6. The topological polar surface area (TPSA) is 58.6 Å². The third-order valence-electron chi connectivity index (χ3n) is 4.56. The van der Waals surface area contributed by atoms with Crippen LogP contribution in [0.2, 0.25) is 0 Å². The zero-order valence-corrected chi connectivity index (χ0v) is 14.6. The highest BCUT2D eigenvalue weighted by Crippen LogP contribution is 2.25. The fraction of sp³-hybridized carbons (Fsp3) is 0.611. The molecule has 1 aromatic heterocycles. The molecule has 6 nitrogen and oxygen atoms in total. The normalized spacial score (nSPS) is 21.8. The molecule has 1 amide bonds. The van der Waals surface area contributed by atoms with Gasteiger partial charge in [0.05, 0.1) is 18.8 Å². The Morgan fingerprint density at radius 1 is 1.33 bits per heavy atom. The van der Waals surface area contributed by atoms with Gasteiger partial charge in [0, 0.05) is 32.4 Å². The molecule has 2 aliphatic rings. The van der Waals surface area contributed by atoms with E-state index >= 15 is 0 Å². The number of carbonyl (C=O) groups is 1. The number of hydrogen-bond acceptors (Lipinski definition) is 5. The van der Waals surface area contributed by atoms with Gasteiger partial charge < -0.3 is 14.5 Å². The smallest absolute Gasteiger partial charge is 0.249 e. The number of nitrogens with zero attached hydrogens (tertiary/aromatic N) is 4. The number of anilines is 1. The molecule has 0 spiro atoms. The summed E-state index contributed by atoms with van der Waals surface area (Å²) < 4.78 is 5.87. The molecule has 3 rings (SSSR count). The van der Waals surface area contributed by atoms with E-state index in [0.717, 1.165) is 30.5 Å². The summed E-state index contributed by atoms with van der Waals surface area (Å²) in [6.45, 7) is 1.75. The minimum atomic E-state index is -0.184. The van der Waals surface area contributed by atoms with Crippen molar-refractivity contribution in [2.24, 2.45) is 0 Å². The lowest BCUT2D eigenvalue weighted by atomic mass is 10.1. The van der Waals surface area contributed by atoms with Crippen molar-refractivity contribution in [2.45, 2.75) is 38.2 Å². The highest BCUT2D eigenvalue weighted by Gasteiger charge is 2.28. The highest BCUT2D eigenvalue weighted by molar-refractivity contribution is 5.93. The maximum atomic E-state index is 12.8. The van der Waals surface area contributed by atoms with E-state index in [1.807, 2.05) is 30.0 Å². The third-order valence-corrected chi connectivity index (χ3v) is 4.56. The Labute approximate surface area is 143 Å². The molecule has 24 heavy (non-hydrogen) atoms. The van der Waals surface area contributed by atoms with E-state index in [1.165, 1.54) is 12.8 Å². The quantitative estimate of drug-likeness (QED) is 0.851. The molecule has 0 N–H and O–H groups in total.